The number of para-hydroxylation sites is 2. The molecule has 6 heteroatoms. The van der Waals surface area contributed by atoms with E-state index in [2.05, 4.69) is 5.32 Å². The SMILES string of the molecule is COc1ccccc1CCC(=O)OCC(=O)Nc1ccccc1SC. The molecule has 0 aliphatic rings. The van der Waals surface area contributed by atoms with E-state index in [1.54, 1.807) is 7.11 Å². The fourth-order valence-electron chi connectivity index (χ4n) is 2.30. The number of amides is 1. The van der Waals surface area contributed by atoms with E-state index < -0.39 is 5.97 Å². The summed E-state index contributed by atoms with van der Waals surface area (Å²) in [6.45, 7) is -0.298. The number of hydrogen-bond donors (Lipinski definition) is 1. The first-order valence-electron chi connectivity index (χ1n) is 7.84. The van der Waals surface area contributed by atoms with Crippen molar-refractivity contribution in [1.29, 1.82) is 0 Å². The lowest BCUT2D eigenvalue weighted by Crippen LogP contribution is -2.21. The summed E-state index contributed by atoms with van der Waals surface area (Å²) in [4.78, 5) is 24.7. The van der Waals surface area contributed by atoms with Crippen molar-refractivity contribution in [2.45, 2.75) is 17.7 Å². The Morgan fingerprint density at radius 1 is 1.08 bits per heavy atom. The van der Waals surface area contributed by atoms with Crippen LogP contribution in [0.5, 0.6) is 5.75 Å². The lowest BCUT2D eigenvalue weighted by molar-refractivity contribution is -0.147. The summed E-state index contributed by atoms with van der Waals surface area (Å²) in [5.41, 5.74) is 1.64. The molecule has 0 saturated carbocycles. The van der Waals surface area contributed by atoms with Crippen molar-refractivity contribution in [3.63, 3.8) is 0 Å². The monoisotopic (exact) mass is 359 g/mol. The van der Waals surface area contributed by atoms with Crippen LogP contribution in [0.4, 0.5) is 5.69 Å². The molecule has 0 saturated heterocycles. The molecule has 0 aliphatic heterocycles. The molecule has 2 aromatic rings. The van der Waals surface area contributed by atoms with Crippen molar-refractivity contribution in [3.05, 3.63) is 54.1 Å². The van der Waals surface area contributed by atoms with Gasteiger partial charge in [-0.25, -0.2) is 0 Å². The van der Waals surface area contributed by atoms with Crippen LogP contribution in [0.25, 0.3) is 0 Å². The van der Waals surface area contributed by atoms with Crippen molar-refractivity contribution in [3.8, 4) is 5.75 Å². The van der Waals surface area contributed by atoms with Crippen LogP contribution in [-0.4, -0.2) is 31.8 Å². The highest BCUT2D eigenvalue weighted by molar-refractivity contribution is 7.98. The number of hydrogen-bond acceptors (Lipinski definition) is 5. The Morgan fingerprint density at radius 3 is 2.56 bits per heavy atom. The van der Waals surface area contributed by atoms with E-state index in [1.165, 1.54) is 11.8 Å². The molecule has 0 unspecified atom stereocenters. The summed E-state index contributed by atoms with van der Waals surface area (Å²) < 4.78 is 10.3. The maximum Gasteiger partial charge on any atom is 0.306 e. The maximum absolute atomic E-state index is 11.9. The zero-order valence-corrected chi connectivity index (χ0v) is 15.1. The second kappa shape index (κ2) is 9.74. The molecule has 2 rings (SSSR count). The number of ether oxygens (including phenoxy) is 2. The highest BCUT2D eigenvalue weighted by Crippen LogP contribution is 2.24. The number of aryl methyl sites for hydroxylation is 1. The topological polar surface area (TPSA) is 64.6 Å². The number of anilines is 1. The Hall–Kier alpha value is -2.47. The molecule has 25 heavy (non-hydrogen) atoms. The van der Waals surface area contributed by atoms with E-state index >= 15 is 0 Å². The molecule has 0 atom stereocenters. The van der Waals surface area contributed by atoms with Gasteiger partial charge >= 0.3 is 5.97 Å². The summed E-state index contributed by atoms with van der Waals surface area (Å²) >= 11 is 1.54. The van der Waals surface area contributed by atoms with Gasteiger partial charge in [-0.2, -0.15) is 0 Å². The van der Waals surface area contributed by atoms with Gasteiger partial charge < -0.3 is 14.8 Å². The normalized spacial score (nSPS) is 10.2. The molecule has 0 aromatic heterocycles. The minimum absolute atomic E-state index is 0.190. The minimum Gasteiger partial charge on any atom is -0.496 e. The van der Waals surface area contributed by atoms with E-state index in [-0.39, 0.29) is 18.9 Å². The molecule has 0 aliphatic carbocycles. The summed E-state index contributed by atoms with van der Waals surface area (Å²) in [5.74, 6) is -0.0342. The third-order valence-corrected chi connectivity index (χ3v) is 4.33. The molecule has 1 N–H and O–H groups in total. The lowest BCUT2D eigenvalue weighted by Gasteiger charge is -2.10. The van der Waals surface area contributed by atoms with Gasteiger partial charge in [0.1, 0.15) is 5.75 Å². The Balaban J connectivity index is 1.78. The Morgan fingerprint density at radius 2 is 1.80 bits per heavy atom. The molecule has 5 nitrogen and oxygen atoms in total. The zero-order chi connectivity index (χ0) is 18.1. The maximum atomic E-state index is 11.9. The fourth-order valence-corrected chi connectivity index (χ4v) is 2.85. The van der Waals surface area contributed by atoms with Gasteiger partial charge in [0.2, 0.25) is 0 Å². The Bertz CT molecular complexity index is 733. The van der Waals surface area contributed by atoms with Crippen molar-refractivity contribution in [2.24, 2.45) is 0 Å². The second-order valence-electron chi connectivity index (χ2n) is 5.22. The number of thioether (sulfide) groups is 1. The van der Waals surface area contributed by atoms with Crippen LogP contribution in [0.1, 0.15) is 12.0 Å². The van der Waals surface area contributed by atoms with Gasteiger partial charge in [-0.15, -0.1) is 11.8 Å². The van der Waals surface area contributed by atoms with Crippen molar-refractivity contribution in [2.75, 3.05) is 25.3 Å². The fraction of sp³-hybridized carbons (Fsp3) is 0.263. The molecular weight excluding hydrogens is 338 g/mol. The van der Waals surface area contributed by atoms with E-state index in [1.807, 2.05) is 54.8 Å². The van der Waals surface area contributed by atoms with Crippen molar-refractivity contribution >= 4 is 29.3 Å². The second-order valence-corrected chi connectivity index (χ2v) is 6.07. The van der Waals surface area contributed by atoms with Crippen LogP contribution >= 0.6 is 11.8 Å². The zero-order valence-electron chi connectivity index (χ0n) is 14.3. The van der Waals surface area contributed by atoms with E-state index in [4.69, 9.17) is 9.47 Å². The number of nitrogens with one attached hydrogen (secondary N) is 1. The van der Waals surface area contributed by atoms with Crippen LogP contribution in [-0.2, 0) is 20.7 Å². The van der Waals surface area contributed by atoms with Gasteiger partial charge in [0.05, 0.1) is 12.8 Å². The standard InChI is InChI=1S/C19H21NO4S/c1-23-16-9-5-3-7-14(16)11-12-19(22)24-13-18(21)20-15-8-4-6-10-17(15)25-2/h3-10H,11-13H2,1-2H3,(H,20,21). The summed E-state index contributed by atoms with van der Waals surface area (Å²) in [6, 6.07) is 15.0. The van der Waals surface area contributed by atoms with Crippen LogP contribution in [0, 0.1) is 0 Å². The number of benzene rings is 2. The molecule has 0 heterocycles. The van der Waals surface area contributed by atoms with Crippen molar-refractivity contribution in [1.82, 2.24) is 0 Å². The first kappa shape index (κ1) is 18.9. The summed E-state index contributed by atoms with van der Waals surface area (Å²) in [6.07, 6.45) is 2.62. The third-order valence-electron chi connectivity index (χ3n) is 3.54. The average molecular weight is 359 g/mol. The molecule has 0 spiro atoms. The van der Waals surface area contributed by atoms with E-state index in [9.17, 15) is 9.59 Å². The molecular formula is C19H21NO4S. The van der Waals surface area contributed by atoms with Gasteiger partial charge in [0.25, 0.3) is 5.91 Å². The predicted molar refractivity (Wildman–Crippen MR) is 99.1 cm³/mol. The van der Waals surface area contributed by atoms with Crippen LogP contribution in [0.2, 0.25) is 0 Å². The molecule has 0 fully saturated rings. The number of rotatable bonds is 8. The van der Waals surface area contributed by atoms with Gasteiger partial charge in [-0.05, 0) is 36.4 Å². The number of methoxy groups -OCH3 is 1. The molecule has 0 bridgehead atoms. The van der Waals surface area contributed by atoms with Gasteiger partial charge in [0.15, 0.2) is 6.61 Å². The largest absolute Gasteiger partial charge is 0.496 e. The summed E-state index contributed by atoms with van der Waals surface area (Å²) in [5, 5.41) is 2.75. The van der Waals surface area contributed by atoms with Gasteiger partial charge in [0, 0.05) is 11.3 Å². The molecule has 0 radical (unpaired) electrons. The van der Waals surface area contributed by atoms with Gasteiger partial charge in [-0.3, -0.25) is 9.59 Å². The predicted octanol–water partition coefficient (Wildman–Crippen LogP) is 3.53. The van der Waals surface area contributed by atoms with Crippen LogP contribution in [0.15, 0.2) is 53.4 Å². The van der Waals surface area contributed by atoms with Crippen molar-refractivity contribution < 1.29 is 19.1 Å². The van der Waals surface area contributed by atoms with E-state index in [0.717, 1.165) is 16.2 Å². The van der Waals surface area contributed by atoms with Crippen LogP contribution < -0.4 is 10.1 Å². The number of esters is 1. The first-order valence-corrected chi connectivity index (χ1v) is 9.07. The number of carbonyl (C=O) groups excluding carboxylic acids is 2. The lowest BCUT2D eigenvalue weighted by atomic mass is 10.1. The molecule has 2 aromatic carbocycles. The smallest absolute Gasteiger partial charge is 0.306 e. The summed E-state index contributed by atoms with van der Waals surface area (Å²) in [7, 11) is 1.59. The quantitative estimate of drug-likeness (QED) is 0.577. The molecule has 132 valence electrons. The molecule has 1 amide bonds. The highest BCUT2D eigenvalue weighted by atomic mass is 32.2. The third kappa shape index (κ3) is 5.83. The highest BCUT2D eigenvalue weighted by Gasteiger charge is 2.11. The Labute approximate surface area is 151 Å². The number of carbonyl (C=O) groups is 2. The van der Waals surface area contributed by atoms with Crippen LogP contribution in [0.3, 0.4) is 0 Å². The first-order chi connectivity index (χ1) is 12.1. The van der Waals surface area contributed by atoms with E-state index in [0.29, 0.717) is 12.1 Å². The Kier molecular flexibility index (Phi) is 7.35. The van der Waals surface area contributed by atoms with Gasteiger partial charge in [-0.1, -0.05) is 30.3 Å². The minimum atomic E-state index is -0.417. The average Bonchev–Trinajstić information content (AvgIpc) is 2.65.